The molecule has 0 amide bonds. The summed E-state index contributed by atoms with van der Waals surface area (Å²) in [6.45, 7) is 0. The van der Waals surface area contributed by atoms with Crippen LogP contribution in [-0.2, 0) is 4.74 Å². The molecule has 8 nitrogen and oxygen atoms in total. The molecule has 0 unspecified atom stereocenters. The predicted octanol–water partition coefficient (Wildman–Crippen LogP) is 4.27. The third-order valence-corrected chi connectivity index (χ3v) is 5.38. The van der Waals surface area contributed by atoms with Crippen molar-refractivity contribution in [2.24, 2.45) is 0 Å². The number of ether oxygens (including phenoxy) is 1. The van der Waals surface area contributed by atoms with Gasteiger partial charge in [0.1, 0.15) is 0 Å². The van der Waals surface area contributed by atoms with Gasteiger partial charge in [-0.15, -0.1) is 22.7 Å². The molecule has 5 N–H and O–H groups in total. The molecule has 0 saturated heterocycles. The van der Waals surface area contributed by atoms with Crippen LogP contribution in [0.15, 0.2) is 59.3 Å². The number of aromatic carboxylic acids is 1. The van der Waals surface area contributed by atoms with Gasteiger partial charge >= 0.3 is 11.9 Å². The highest BCUT2D eigenvalue weighted by molar-refractivity contribution is 7.14. The van der Waals surface area contributed by atoms with Gasteiger partial charge in [-0.1, -0.05) is 24.3 Å². The summed E-state index contributed by atoms with van der Waals surface area (Å²) in [5.74, 6) is -1.30. The fourth-order valence-corrected chi connectivity index (χ4v) is 3.72. The van der Waals surface area contributed by atoms with Crippen LogP contribution in [0.25, 0.3) is 22.5 Å². The Morgan fingerprint density at radius 3 is 1.77 bits per heavy atom. The Labute approximate surface area is 185 Å². The third kappa shape index (κ3) is 5.65. The number of esters is 1. The number of carbonyl (C=O) groups is 2. The molecule has 31 heavy (non-hydrogen) atoms. The number of hydrogen-bond acceptors (Lipinski definition) is 9. The molecule has 0 atom stereocenters. The number of anilines is 2. The van der Waals surface area contributed by atoms with Crippen LogP contribution in [0, 0.1) is 0 Å². The summed E-state index contributed by atoms with van der Waals surface area (Å²) in [7, 11) is 1.36. The van der Waals surface area contributed by atoms with E-state index in [2.05, 4.69) is 14.7 Å². The van der Waals surface area contributed by atoms with E-state index in [0.717, 1.165) is 16.8 Å². The lowest BCUT2D eigenvalue weighted by molar-refractivity contribution is 0.0600. The Kier molecular flexibility index (Phi) is 6.96. The second-order valence-electron chi connectivity index (χ2n) is 6.10. The standard InChI is InChI=1S/C11H10N2O2S.C10H8N2O2S/c1-15-10(14)8-4-2-3-7(5-8)9-6-16-11(12)13-9;11-10-12-8(5-15-10)6-2-1-3-7(4-6)9(13)14/h2-6H,1H3,(H2,12,13);1-5H,(H2,11,12)(H,13,14). The Hall–Kier alpha value is -3.76. The molecule has 0 radical (unpaired) electrons. The number of nitrogen functional groups attached to an aromatic ring is 2. The van der Waals surface area contributed by atoms with Gasteiger partial charge in [-0.05, 0) is 24.3 Å². The highest BCUT2D eigenvalue weighted by Gasteiger charge is 2.08. The van der Waals surface area contributed by atoms with E-state index < -0.39 is 5.97 Å². The van der Waals surface area contributed by atoms with Gasteiger partial charge in [0, 0.05) is 21.9 Å². The molecule has 2 heterocycles. The van der Waals surface area contributed by atoms with E-state index in [-0.39, 0.29) is 11.5 Å². The number of carbonyl (C=O) groups excluding carboxylic acids is 1. The molecule has 0 bridgehead atoms. The SMILES string of the molecule is COC(=O)c1cccc(-c2csc(N)n2)c1.Nc1nc(-c2cccc(C(=O)O)c2)cs1. The average molecular weight is 455 g/mol. The molecule has 0 aliphatic rings. The monoisotopic (exact) mass is 454 g/mol. The van der Waals surface area contributed by atoms with Gasteiger partial charge in [0.25, 0.3) is 0 Å². The Balaban J connectivity index is 0.000000176. The predicted molar refractivity (Wildman–Crippen MR) is 122 cm³/mol. The summed E-state index contributed by atoms with van der Waals surface area (Å²) >= 11 is 2.70. The highest BCUT2D eigenvalue weighted by Crippen LogP contribution is 2.24. The number of hydrogen-bond donors (Lipinski definition) is 3. The number of thiazole rings is 2. The fourth-order valence-electron chi connectivity index (χ4n) is 2.58. The van der Waals surface area contributed by atoms with Gasteiger partial charge in [-0.25, -0.2) is 19.6 Å². The number of rotatable bonds is 4. The molecule has 2 aromatic heterocycles. The number of carboxylic acids is 1. The molecular formula is C21H18N4O4S2. The minimum absolute atomic E-state index is 0.249. The topological polar surface area (TPSA) is 141 Å². The Bertz CT molecular complexity index is 1220. The second kappa shape index (κ2) is 9.83. The summed E-state index contributed by atoms with van der Waals surface area (Å²) in [4.78, 5) is 30.3. The summed E-state index contributed by atoms with van der Waals surface area (Å²) < 4.78 is 4.65. The first-order chi connectivity index (χ1) is 14.9. The van der Waals surface area contributed by atoms with Gasteiger partial charge in [0.2, 0.25) is 0 Å². The first-order valence-electron chi connectivity index (χ1n) is 8.82. The van der Waals surface area contributed by atoms with Crippen LogP contribution in [0.4, 0.5) is 10.3 Å². The van der Waals surface area contributed by atoms with Gasteiger partial charge in [-0.2, -0.15) is 0 Å². The maximum absolute atomic E-state index is 11.3. The van der Waals surface area contributed by atoms with Crippen molar-refractivity contribution in [2.75, 3.05) is 18.6 Å². The van der Waals surface area contributed by atoms with Crippen molar-refractivity contribution in [3.8, 4) is 22.5 Å². The normalized spacial score (nSPS) is 10.1. The van der Waals surface area contributed by atoms with Crippen molar-refractivity contribution >= 4 is 44.9 Å². The molecule has 158 valence electrons. The number of aromatic nitrogens is 2. The molecule has 4 rings (SSSR count). The van der Waals surface area contributed by atoms with E-state index in [0.29, 0.717) is 21.5 Å². The molecule has 0 fully saturated rings. The summed E-state index contributed by atoms with van der Waals surface area (Å²) in [6, 6.07) is 13.7. The van der Waals surface area contributed by atoms with E-state index in [9.17, 15) is 9.59 Å². The Morgan fingerprint density at radius 1 is 0.871 bits per heavy atom. The second-order valence-corrected chi connectivity index (χ2v) is 7.88. The average Bonchev–Trinajstić information content (AvgIpc) is 3.42. The lowest BCUT2D eigenvalue weighted by Gasteiger charge is -2.01. The van der Waals surface area contributed by atoms with Gasteiger partial charge in [-0.3, -0.25) is 0 Å². The van der Waals surface area contributed by atoms with Crippen molar-refractivity contribution in [3.63, 3.8) is 0 Å². The lowest BCUT2D eigenvalue weighted by atomic mass is 10.1. The number of nitrogens with two attached hydrogens (primary N) is 2. The van der Waals surface area contributed by atoms with Crippen molar-refractivity contribution in [2.45, 2.75) is 0 Å². The van der Waals surface area contributed by atoms with Crippen LogP contribution in [0.5, 0.6) is 0 Å². The zero-order valence-corrected chi connectivity index (χ0v) is 17.9. The summed E-state index contributed by atoms with van der Waals surface area (Å²) in [5.41, 5.74) is 14.9. The zero-order valence-electron chi connectivity index (χ0n) is 16.3. The molecular weight excluding hydrogens is 436 g/mol. The molecule has 0 aliphatic heterocycles. The maximum atomic E-state index is 11.3. The van der Waals surface area contributed by atoms with Crippen LogP contribution >= 0.6 is 22.7 Å². The van der Waals surface area contributed by atoms with Crippen LogP contribution in [0.1, 0.15) is 20.7 Å². The van der Waals surface area contributed by atoms with Crippen LogP contribution in [0.3, 0.4) is 0 Å². The van der Waals surface area contributed by atoms with E-state index in [1.54, 1.807) is 47.8 Å². The molecule has 0 spiro atoms. The third-order valence-electron chi connectivity index (χ3n) is 4.03. The van der Waals surface area contributed by atoms with E-state index >= 15 is 0 Å². The van der Waals surface area contributed by atoms with Crippen LogP contribution < -0.4 is 11.5 Å². The quantitative estimate of drug-likeness (QED) is 0.388. The van der Waals surface area contributed by atoms with Crippen molar-refractivity contribution in [1.82, 2.24) is 9.97 Å². The first kappa shape index (κ1) is 21.9. The van der Waals surface area contributed by atoms with Crippen molar-refractivity contribution in [1.29, 1.82) is 0 Å². The number of methoxy groups -OCH3 is 1. The van der Waals surface area contributed by atoms with E-state index in [1.165, 1.54) is 29.8 Å². The minimum atomic E-state index is -0.944. The van der Waals surface area contributed by atoms with Crippen molar-refractivity contribution < 1.29 is 19.4 Å². The Morgan fingerprint density at radius 2 is 1.35 bits per heavy atom. The summed E-state index contributed by atoms with van der Waals surface area (Å²) in [6.07, 6.45) is 0. The number of benzene rings is 2. The lowest BCUT2D eigenvalue weighted by Crippen LogP contribution is -2.00. The molecule has 4 aromatic rings. The number of nitrogens with zero attached hydrogens (tertiary/aromatic N) is 2. The van der Waals surface area contributed by atoms with Crippen molar-refractivity contribution in [3.05, 3.63) is 70.4 Å². The van der Waals surface area contributed by atoms with Crippen LogP contribution in [-0.4, -0.2) is 34.1 Å². The van der Waals surface area contributed by atoms with Gasteiger partial charge in [0.05, 0.1) is 29.6 Å². The summed E-state index contributed by atoms with van der Waals surface area (Å²) in [5, 5.41) is 13.5. The smallest absolute Gasteiger partial charge is 0.337 e. The van der Waals surface area contributed by atoms with E-state index in [1.807, 2.05) is 11.4 Å². The molecule has 10 heteroatoms. The zero-order chi connectivity index (χ0) is 22.4. The highest BCUT2D eigenvalue weighted by atomic mass is 32.1. The fraction of sp³-hybridized carbons (Fsp3) is 0.0476. The molecule has 0 aliphatic carbocycles. The van der Waals surface area contributed by atoms with Crippen LogP contribution in [0.2, 0.25) is 0 Å². The first-order valence-corrected chi connectivity index (χ1v) is 10.6. The van der Waals surface area contributed by atoms with Gasteiger partial charge < -0.3 is 21.3 Å². The molecule has 0 saturated carbocycles. The maximum Gasteiger partial charge on any atom is 0.337 e. The minimum Gasteiger partial charge on any atom is -0.478 e. The molecule has 2 aromatic carbocycles. The van der Waals surface area contributed by atoms with Gasteiger partial charge in [0.15, 0.2) is 10.3 Å². The largest absolute Gasteiger partial charge is 0.478 e. The van der Waals surface area contributed by atoms with E-state index in [4.69, 9.17) is 16.6 Å². The number of carboxylic acid groups (broad SMARTS) is 1.